The predicted octanol–water partition coefficient (Wildman–Crippen LogP) is 1.01. The van der Waals surface area contributed by atoms with Gasteiger partial charge < -0.3 is 10.2 Å². The van der Waals surface area contributed by atoms with E-state index in [1.165, 1.54) is 0 Å². The minimum absolute atomic E-state index is 0.601. The Labute approximate surface area is 66.0 Å². The van der Waals surface area contributed by atoms with Crippen molar-refractivity contribution in [1.82, 2.24) is 0 Å². The third-order valence-electron chi connectivity index (χ3n) is 2.65. The van der Waals surface area contributed by atoms with Crippen LogP contribution in [0.2, 0.25) is 0 Å². The Morgan fingerprint density at radius 2 is 2.18 bits per heavy atom. The molecule has 1 unspecified atom stereocenters. The number of aliphatic hydroxyl groups is 1. The first-order valence-electron chi connectivity index (χ1n) is 3.99. The maximum Gasteiger partial charge on any atom is 0.311 e. The summed E-state index contributed by atoms with van der Waals surface area (Å²) in [5.41, 5.74) is -0.891. The largest absolute Gasteiger partial charge is 0.481 e. The van der Waals surface area contributed by atoms with Gasteiger partial charge in [-0.2, -0.15) is 0 Å². The first-order valence-corrected chi connectivity index (χ1v) is 3.99. The molecule has 64 valence electrons. The lowest BCUT2D eigenvalue weighted by molar-refractivity contribution is -0.158. The summed E-state index contributed by atoms with van der Waals surface area (Å²) in [4.78, 5) is 10.7. The summed E-state index contributed by atoms with van der Waals surface area (Å²) in [7, 11) is 0. The van der Waals surface area contributed by atoms with Gasteiger partial charge in [0.1, 0.15) is 0 Å². The number of aliphatic hydroxyl groups excluding tert-OH is 1. The van der Waals surface area contributed by atoms with E-state index in [1.54, 1.807) is 6.92 Å². The fraction of sp³-hybridized carbons (Fsp3) is 0.875. The van der Waals surface area contributed by atoms with E-state index in [0.717, 1.165) is 12.8 Å². The van der Waals surface area contributed by atoms with Crippen LogP contribution in [0, 0.1) is 5.41 Å². The van der Waals surface area contributed by atoms with E-state index in [1.807, 2.05) is 0 Å². The van der Waals surface area contributed by atoms with Crippen LogP contribution in [0.25, 0.3) is 0 Å². The SMILES string of the molecule is C[C@]1(C(=O)O)CCCCC1O. The van der Waals surface area contributed by atoms with Gasteiger partial charge in [0, 0.05) is 0 Å². The smallest absolute Gasteiger partial charge is 0.311 e. The van der Waals surface area contributed by atoms with Crippen molar-refractivity contribution < 1.29 is 15.0 Å². The number of carboxylic acid groups (broad SMARTS) is 1. The minimum atomic E-state index is -0.891. The standard InChI is InChI=1S/C8H14O3/c1-8(7(10)11)5-3-2-4-6(8)9/h6,9H,2-5H2,1H3,(H,10,11)/t6?,8-/m0/s1. The minimum Gasteiger partial charge on any atom is -0.481 e. The molecule has 0 aromatic heterocycles. The average molecular weight is 158 g/mol. The molecule has 1 aliphatic carbocycles. The van der Waals surface area contributed by atoms with Crippen molar-refractivity contribution >= 4 is 5.97 Å². The van der Waals surface area contributed by atoms with Gasteiger partial charge in [0.15, 0.2) is 0 Å². The topological polar surface area (TPSA) is 57.5 Å². The lowest BCUT2D eigenvalue weighted by Crippen LogP contribution is -2.42. The van der Waals surface area contributed by atoms with E-state index in [-0.39, 0.29) is 0 Å². The maximum atomic E-state index is 10.7. The molecule has 1 rings (SSSR count). The maximum absolute atomic E-state index is 10.7. The lowest BCUT2D eigenvalue weighted by atomic mass is 9.73. The lowest BCUT2D eigenvalue weighted by Gasteiger charge is -2.34. The van der Waals surface area contributed by atoms with Crippen molar-refractivity contribution in [3.8, 4) is 0 Å². The molecule has 0 aromatic carbocycles. The van der Waals surface area contributed by atoms with Gasteiger partial charge >= 0.3 is 5.97 Å². The second-order valence-electron chi connectivity index (χ2n) is 3.48. The average Bonchev–Trinajstić information content (AvgIpc) is 1.95. The second kappa shape index (κ2) is 2.81. The molecule has 1 fully saturated rings. The Balaban J connectivity index is 2.72. The molecule has 1 aliphatic rings. The molecule has 3 nitrogen and oxygen atoms in total. The second-order valence-corrected chi connectivity index (χ2v) is 3.48. The molecular formula is C8H14O3. The van der Waals surface area contributed by atoms with Crippen LogP contribution in [0.3, 0.4) is 0 Å². The predicted molar refractivity (Wildman–Crippen MR) is 40.2 cm³/mol. The quantitative estimate of drug-likeness (QED) is 0.598. The van der Waals surface area contributed by atoms with Crippen molar-refractivity contribution in [3.63, 3.8) is 0 Å². The monoisotopic (exact) mass is 158 g/mol. The molecular weight excluding hydrogens is 144 g/mol. The van der Waals surface area contributed by atoms with E-state index >= 15 is 0 Å². The summed E-state index contributed by atoms with van der Waals surface area (Å²) < 4.78 is 0. The Bertz CT molecular complexity index is 167. The van der Waals surface area contributed by atoms with E-state index in [9.17, 15) is 9.90 Å². The normalized spacial score (nSPS) is 38.5. The highest BCUT2D eigenvalue weighted by Gasteiger charge is 2.41. The Hall–Kier alpha value is -0.570. The van der Waals surface area contributed by atoms with E-state index in [2.05, 4.69) is 0 Å². The third kappa shape index (κ3) is 1.38. The van der Waals surface area contributed by atoms with Crippen LogP contribution in [0.4, 0.5) is 0 Å². The van der Waals surface area contributed by atoms with Crippen molar-refractivity contribution in [1.29, 1.82) is 0 Å². The molecule has 1 saturated carbocycles. The van der Waals surface area contributed by atoms with Crippen LogP contribution in [0.5, 0.6) is 0 Å². The Morgan fingerprint density at radius 1 is 1.55 bits per heavy atom. The molecule has 0 saturated heterocycles. The van der Waals surface area contributed by atoms with Crippen molar-refractivity contribution in [3.05, 3.63) is 0 Å². The van der Waals surface area contributed by atoms with Gasteiger partial charge in [0.25, 0.3) is 0 Å². The fourth-order valence-electron chi connectivity index (χ4n) is 1.56. The van der Waals surface area contributed by atoms with Crippen molar-refractivity contribution in [2.24, 2.45) is 5.41 Å². The Morgan fingerprint density at radius 3 is 2.55 bits per heavy atom. The van der Waals surface area contributed by atoms with Gasteiger partial charge in [0.05, 0.1) is 11.5 Å². The molecule has 0 bridgehead atoms. The van der Waals surface area contributed by atoms with Gasteiger partial charge in [-0.05, 0) is 19.8 Å². The third-order valence-corrected chi connectivity index (χ3v) is 2.65. The number of aliphatic carboxylic acids is 1. The van der Waals surface area contributed by atoms with Gasteiger partial charge in [-0.1, -0.05) is 12.8 Å². The first-order chi connectivity index (χ1) is 5.07. The zero-order chi connectivity index (χ0) is 8.48. The fourth-order valence-corrected chi connectivity index (χ4v) is 1.56. The molecule has 2 N–H and O–H groups in total. The summed E-state index contributed by atoms with van der Waals surface area (Å²) in [6.07, 6.45) is 2.43. The van der Waals surface area contributed by atoms with Crippen molar-refractivity contribution in [2.45, 2.75) is 38.7 Å². The molecule has 2 atom stereocenters. The zero-order valence-corrected chi connectivity index (χ0v) is 6.71. The number of hydrogen-bond donors (Lipinski definition) is 2. The highest BCUT2D eigenvalue weighted by atomic mass is 16.4. The molecule has 3 heteroatoms. The molecule has 0 aromatic rings. The highest BCUT2D eigenvalue weighted by molar-refractivity contribution is 5.75. The van der Waals surface area contributed by atoms with Crippen LogP contribution in [0.15, 0.2) is 0 Å². The van der Waals surface area contributed by atoms with Crippen LogP contribution in [-0.2, 0) is 4.79 Å². The van der Waals surface area contributed by atoms with Gasteiger partial charge in [0.2, 0.25) is 0 Å². The van der Waals surface area contributed by atoms with Crippen LogP contribution < -0.4 is 0 Å². The van der Waals surface area contributed by atoms with Crippen molar-refractivity contribution in [2.75, 3.05) is 0 Å². The molecule has 0 aliphatic heterocycles. The van der Waals surface area contributed by atoms with Crippen LogP contribution >= 0.6 is 0 Å². The van der Waals surface area contributed by atoms with Crippen LogP contribution in [0.1, 0.15) is 32.6 Å². The molecule has 0 heterocycles. The molecule has 0 spiro atoms. The molecule has 0 amide bonds. The molecule has 11 heavy (non-hydrogen) atoms. The summed E-state index contributed by atoms with van der Waals surface area (Å²) in [6, 6.07) is 0. The number of carbonyl (C=O) groups is 1. The van der Waals surface area contributed by atoms with E-state index < -0.39 is 17.5 Å². The number of hydrogen-bond acceptors (Lipinski definition) is 2. The highest BCUT2D eigenvalue weighted by Crippen LogP contribution is 2.36. The van der Waals surface area contributed by atoms with Gasteiger partial charge in [-0.25, -0.2) is 0 Å². The van der Waals surface area contributed by atoms with E-state index in [0.29, 0.717) is 12.8 Å². The summed E-state index contributed by atoms with van der Waals surface area (Å²) in [5, 5.41) is 18.2. The summed E-state index contributed by atoms with van der Waals surface area (Å²) in [5.74, 6) is -0.871. The van der Waals surface area contributed by atoms with Gasteiger partial charge in [-0.3, -0.25) is 4.79 Å². The first kappa shape index (κ1) is 8.53. The van der Waals surface area contributed by atoms with E-state index in [4.69, 9.17) is 5.11 Å². The summed E-state index contributed by atoms with van der Waals surface area (Å²) in [6.45, 7) is 1.62. The molecule has 0 radical (unpaired) electrons. The Kier molecular flexibility index (Phi) is 2.18. The van der Waals surface area contributed by atoms with Gasteiger partial charge in [-0.15, -0.1) is 0 Å². The van der Waals surface area contributed by atoms with Crippen LogP contribution in [-0.4, -0.2) is 22.3 Å². The number of carboxylic acids is 1. The zero-order valence-electron chi connectivity index (χ0n) is 6.71. The number of rotatable bonds is 1. The summed E-state index contributed by atoms with van der Waals surface area (Å²) >= 11 is 0.